The molecule has 5 nitrogen and oxygen atoms in total. The summed E-state index contributed by atoms with van der Waals surface area (Å²) in [6, 6.07) is 31.7. The number of fused-ring (bicyclic) bond motifs is 8. The average Bonchev–Trinajstić information content (AvgIpc) is 3.94. The molecule has 5 aromatic heterocycles. The first kappa shape index (κ1) is 29.9. The molecule has 4 aliphatic carbocycles. The van der Waals surface area contributed by atoms with Crippen LogP contribution in [0, 0.1) is 5.92 Å². The second-order valence-electron chi connectivity index (χ2n) is 14.1. The van der Waals surface area contributed by atoms with Crippen LogP contribution in [-0.2, 0) is 0 Å². The molecule has 0 N–H and O–H groups in total. The molecule has 11 rings (SSSR count). The van der Waals surface area contributed by atoms with Crippen LogP contribution in [-0.4, -0.2) is 19.5 Å². The van der Waals surface area contributed by atoms with Gasteiger partial charge in [0.05, 0.1) is 28.3 Å². The Kier molecular flexibility index (Phi) is 6.70. The minimum atomic E-state index is -0.0674. The summed E-state index contributed by atoms with van der Waals surface area (Å²) in [6.45, 7) is 0. The smallest absolute Gasteiger partial charge is 0.135 e. The lowest BCUT2D eigenvalue weighted by Crippen LogP contribution is -2.02. The SMILES string of the molecule is C1=C(c2ccc3c(c2)c2c(n3-c3ccc4oc5c(c4c3)C=C(c3ccccn3)C(c3ccccn3)C=C5)C=CC3CC23)C=CC=CC=1c1ccccn1. The molecule has 5 heterocycles. The molecule has 4 aliphatic rings. The van der Waals surface area contributed by atoms with Gasteiger partial charge in [-0.1, -0.05) is 48.6 Å². The highest BCUT2D eigenvalue weighted by molar-refractivity contribution is 6.01. The Balaban J connectivity index is 1.08. The molecule has 0 bridgehead atoms. The molecule has 3 atom stereocenters. The van der Waals surface area contributed by atoms with Crippen molar-refractivity contribution < 1.29 is 4.42 Å². The minimum absolute atomic E-state index is 0.0674. The molecule has 3 unspecified atom stereocenters. The van der Waals surface area contributed by atoms with E-state index in [1.165, 1.54) is 28.6 Å². The van der Waals surface area contributed by atoms with Gasteiger partial charge in [-0.05, 0) is 132 Å². The molecular weight excluding hydrogens is 649 g/mol. The normalized spacial score (nSPS) is 19.5. The number of hydrogen-bond donors (Lipinski definition) is 0. The maximum absolute atomic E-state index is 6.55. The van der Waals surface area contributed by atoms with Crippen LogP contribution in [0.1, 0.15) is 63.5 Å². The van der Waals surface area contributed by atoms with Crippen molar-refractivity contribution in [2.45, 2.75) is 18.3 Å². The quantitative estimate of drug-likeness (QED) is 0.170. The Bertz CT molecular complexity index is 2840. The fourth-order valence-corrected chi connectivity index (χ4v) is 8.33. The van der Waals surface area contributed by atoms with Gasteiger partial charge in [-0.2, -0.15) is 0 Å². The Morgan fingerprint density at radius 1 is 0.698 bits per heavy atom. The van der Waals surface area contributed by atoms with E-state index in [2.05, 4.69) is 118 Å². The summed E-state index contributed by atoms with van der Waals surface area (Å²) in [6.07, 6.45) is 26.4. The van der Waals surface area contributed by atoms with Crippen molar-refractivity contribution in [1.82, 2.24) is 19.5 Å². The lowest BCUT2D eigenvalue weighted by atomic mass is 9.91. The zero-order valence-electron chi connectivity index (χ0n) is 28.7. The number of pyridine rings is 3. The fraction of sp³-hybridized carbons (Fsp3) is 0.0833. The number of rotatable bonds is 5. The Morgan fingerprint density at radius 3 is 2.32 bits per heavy atom. The van der Waals surface area contributed by atoms with E-state index in [-0.39, 0.29) is 5.92 Å². The molecule has 5 heteroatoms. The van der Waals surface area contributed by atoms with Gasteiger partial charge in [-0.25, -0.2) is 0 Å². The highest BCUT2D eigenvalue weighted by atomic mass is 16.3. The van der Waals surface area contributed by atoms with Gasteiger partial charge in [0.25, 0.3) is 0 Å². The van der Waals surface area contributed by atoms with Crippen LogP contribution in [0.2, 0.25) is 0 Å². The molecule has 0 aliphatic heterocycles. The molecule has 0 saturated heterocycles. The van der Waals surface area contributed by atoms with Gasteiger partial charge in [0.15, 0.2) is 0 Å². The van der Waals surface area contributed by atoms with Crippen molar-refractivity contribution in [3.63, 3.8) is 0 Å². The van der Waals surface area contributed by atoms with E-state index < -0.39 is 0 Å². The van der Waals surface area contributed by atoms with Crippen molar-refractivity contribution in [2.24, 2.45) is 5.92 Å². The zero-order valence-corrected chi connectivity index (χ0v) is 28.7. The maximum atomic E-state index is 6.55. The van der Waals surface area contributed by atoms with E-state index in [0.29, 0.717) is 11.8 Å². The van der Waals surface area contributed by atoms with Crippen molar-refractivity contribution >= 4 is 56.8 Å². The van der Waals surface area contributed by atoms with Gasteiger partial charge in [0.1, 0.15) is 11.3 Å². The predicted octanol–water partition coefficient (Wildman–Crippen LogP) is 11.2. The number of furan rings is 1. The molecule has 53 heavy (non-hydrogen) atoms. The van der Waals surface area contributed by atoms with Gasteiger partial charge in [-0.3, -0.25) is 15.0 Å². The largest absolute Gasteiger partial charge is 0.456 e. The lowest BCUT2D eigenvalue weighted by Gasteiger charge is -2.16. The summed E-state index contributed by atoms with van der Waals surface area (Å²) in [5.41, 5.74) is 17.7. The van der Waals surface area contributed by atoms with Crippen molar-refractivity contribution in [3.05, 3.63) is 197 Å². The lowest BCUT2D eigenvalue weighted by molar-refractivity contribution is 0.603. The summed E-state index contributed by atoms with van der Waals surface area (Å²) in [5, 5.41) is 2.38. The van der Waals surface area contributed by atoms with Crippen LogP contribution < -0.4 is 0 Å². The highest BCUT2D eigenvalue weighted by Crippen LogP contribution is 2.56. The van der Waals surface area contributed by atoms with E-state index in [0.717, 1.165) is 67.3 Å². The van der Waals surface area contributed by atoms with Gasteiger partial charge >= 0.3 is 0 Å². The van der Waals surface area contributed by atoms with E-state index in [4.69, 9.17) is 14.4 Å². The van der Waals surface area contributed by atoms with Crippen LogP contribution in [0.15, 0.2) is 156 Å². The minimum Gasteiger partial charge on any atom is -0.456 e. The third-order valence-electron chi connectivity index (χ3n) is 11.0. The van der Waals surface area contributed by atoms with E-state index in [1.807, 2.05) is 61.1 Å². The number of aromatic nitrogens is 4. The first-order chi connectivity index (χ1) is 26.3. The summed E-state index contributed by atoms with van der Waals surface area (Å²) < 4.78 is 8.99. The van der Waals surface area contributed by atoms with Crippen LogP contribution in [0.3, 0.4) is 0 Å². The Labute approximate surface area is 306 Å². The molecule has 250 valence electrons. The highest BCUT2D eigenvalue weighted by Gasteiger charge is 2.42. The first-order valence-corrected chi connectivity index (χ1v) is 18.2. The van der Waals surface area contributed by atoms with E-state index in [1.54, 1.807) is 0 Å². The summed E-state index contributed by atoms with van der Waals surface area (Å²) in [7, 11) is 0. The third-order valence-corrected chi connectivity index (χ3v) is 11.0. The molecule has 0 amide bonds. The van der Waals surface area contributed by atoms with Crippen molar-refractivity contribution in [1.29, 1.82) is 0 Å². The van der Waals surface area contributed by atoms with Gasteiger partial charge in [-0.15, -0.1) is 5.73 Å². The standard InChI is InChI=1S/C48H32N4O/c1-2-10-33(41-11-3-6-22-49-41)25-30(9-1)31-14-18-44-40(26-31)48-36-27-32(36)15-19-45(48)52(44)34-16-20-46-38(28-34)39-29-37(43-13-5-8-24-51-43)35(17-21-47(39)53-46)42-12-4-7-23-50-42/h1-24,26,28-29,32,35-36H,27H2. The molecule has 0 radical (unpaired) electrons. The number of benzene rings is 2. The molecule has 1 fully saturated rings. The maximum Gasteiger partial charge on any atom is 0.135 e. The van der Waals surface area contributed by atoms with Crippen LogP contribution in [0.25, 0.3) is 62.5 Å². The van der Waals surface area contributed by atoms with Crippen molar-refractivity contribution in [3.8, 4) is 5.69 Å². The number of hydrogen-bond acceptors (Lipinski definition) is 4. The third kappa shape index (κ3) is 4.97. The van der Waals surface area contributed by atoms with Crippen molar-refractivity contribution in [2.75, 3.05) is 0 Å². The second-order valence-corrected chi connectivity index (χ2v) is 14.1. The molecule has 0 spiro atoms. The number of nitrogens with zero attached hydrogens (tertiary/aromatic N) is 4. The molecular formula is C48H32N4O. The van der Waals surface area contributed by atoms with Gasteiger partial charge in [0, 0.05) is 57.7 Å². The molecule has 2 aromatic carbocycles. The van der Waals surface area contributed by atoms with Crippen LogP contribution in [0.4, 0.5) is 0 Å². The van der Waals surface area contributed by atoms with E-state index >= 15 is 0 Å². The van der Waals surface area contributed by atoms with E-state index in [9.17, 15) is 0 Å². The second kappa shape index (κ2) is 11.9. The van der Waals surface area contributed by atoms with Crippen LogP contribution >= 0.6 is 0 Å². The fourth-order valence-electron chi connectivity index (χ4n) is 8.33. The molecule has 1 saturated carbocycles. The monoisotopic (exact) mass is 680 g/mol. The number of allylic oxidation sites excluding steroid dienone is 8. The van der Waals surface area contributed by atoms with Gasteiger partial charge < -0.3 is 8.98 Å². The predicted molar refractivity (Wildman–Crippen MR) is 214 cm³/mol. The first-order valence-electron chi connectivity index (χ1n) is 18.2. The van der Waals surface area contributed by atoms with Crippen LogP contribution in [0.5, 0.6) is 0 Å². The summed E-state index contributed by atoms with van der Waals surface area (Å²) in [4.78, 5) is 14.1. The Hall–Kier alpha value is -6.81. The zero-order chi connectivity index (χ0) is 34.9. The van der Waals surface area contributed by atoms with Gasteiger partial charge in [0.2, 0.25) is 0 Å². The topological polar surface area (TPSA) is 56.7 Å². The Morgan fingerprint density at radius 2 is 1.51 bits per heavy atom. The average molecular weight is 681 g/mol. The molecule has 7 aromatic rings. The summed E-state index contributed by atoms with van der Waals surface area (Å²) >= 11 is 0. The summed E-state index contributed by atoms with van der Waals surface area (Å²) in [5.74, 6) is 1.93.